The lowest BCUT2D eigenvalue weighted by atomic mass is 10.3. The van der Waals surface area contributed by atoms with Gasteiger partial charge in [-0.15, -0.1) is 11.8 Å². The van der Waals surface area contributed by atoms with Crippen LogP contribution in [0.4, 0.5) is 5.13 Å². The van der Waals surface area contributed by atoms with E-state index in [1.165, 1.54) is 23.1 Å². The molecule has 0 aliphatic rings. The first kappa shape index (κ1) is 13.2. The summed E-state index contributed by atoms with van der Waals surface area (Å²) in [6.07, 6.45) is 0. The molecule has 4 N–H and O–H groups in total. The highest BCUT2D eigenvalue weighted by Crippen LogP contribution is 2.41. The maximum atomic E-state index is 8.81. The molecule has 0 saturated heterocycles. The second kappa shape index (κ2) is 5.60. The molecule has 0 aliphatic carbocycles. The molecule has 1 aromatic carbocycles. The number of hydrazine groups is 1. The highest BCUT2D eigenvalue weighted by molar-refractivity contribution is 7.99. The number of aliphatic hydroxyl groups is 1. The number of fused-ring (bicyclic) bond motifs is 1. The van der Waals surface area contributed by atoms with Gasteiger partial charge in [0.1, 0.15) is 5.52 Å². The number of thioether (sulfide) groups is 1. The van der Waals surface area contributed by atoms with Crippen LogP contribution in [0.2, 0.25) is 10.0 Å². The minimum atomic E-state index is 0.0922. The van der Waals surface area contributed by atoms with Crippen molar-refractivity contribution >= 4 is 61.6 Å². The van der Waals surface area contributed by atoms with E-state index in [4.69, 9.17) is 34.2 Å². The number of thiazole rings is 1. The fourth-order valence-corrected chi connectivity index (χ4v) is 3.61. The highest BCUT2D eigenvalue weighted by Gasteiger charge is 2.14. The number of nitrogens with one attached hydrogen (secondary N) is 1. The van der Waals surface area contributed by atoms with Crippen LogP contribution in [0.5, 0.6) is 0 Å². The molecule has 2 aromatic rings. The summed E-state index contributed by atoms with van der Waals surface area (Å²) in [6.45, 7) is 0.0922. The fraction of sp³-hybridized carbons (Fsp3) is 0.222. The first-order valence-electron chi connectivity index (χ1n) is 4.66. The minimum Gasteiger partial charge on any atom is -0.396 e. The first-order chi connectivity index (χ1) is 8.17. The van der Waals surface area contributed by atoms with E-state index in [0.29, 0.717) is 26.4 Å². The Hall–Kier alpha value is -0.240. The fourth-order valence-electron chi connectivity index (χ4n) is 1.30. The van der Waals surface area contributed by atoms with Gasteiger partial charge in [-0.3, -0.25) is 5.43 Å². The standard InChI is InChI=1S/C9H9Cl2N3OS2/c10-6-4(16-2-1-15)3-5-8(7(6)11)13-9(14-12)17-5/h3,15H,1-2,12H2,(H,13,14). The molecular weight excluding hydrogens is 301 g/mol. The second-order valence-corrected chi connectivity index (χ2v) is 6.01. The molecule has 0 amide bonds. The lowest BCUT2D eigenvalue weighted by molar-refractivity contribution is 0.322. The average Bonchev–Trinajstić information content (AvgIpc) is 2.75. The monoisotopic (exact) mass is 309 g/mol. The Morgan fingerprint density at radius 1 is 1.47 bits per heavy atom. The maximum Gasteiger partial charge on any atom is 0.198 e. The van der Waals surface area contributed by atoms with Crippen molar-refractivity contribution < 1.29 is 5.11 Å². The van der Waals surface area contributed by atoms with Crippen molar-refractivity contribution in [2.45, 2.75) is 4.90 Å². The van der Waals surface area contributed by atoms with Gasteiger partial charge in [-0.05, 0) is 6.07 Å². The van der Waals surface area contributed by atoms with Crippen LogP contribution in [0.1, 0.15) is 0 Å². The first-order valence-corrected chi connectivity index (χ1v) is 7.22. The summed E-state index contributed by atoms with van der Waals surface area (Å²) in [7, 11) is 0. The maximum absolute atomic E-state index is 8.81. The zero-order valence-corrected chi connectivity index (χ0v) is 11.7. The highest BCUT2D eigenvalue weighted by atomic mass is 35.5. The summed E-state index contributed by atoms with van der Waals surface area (Å²) in [6, 6.07) is 1.91. The lowest BCUT2D eigenvalue weighted by Crippen LogP contribution is -2.05. The van der Waals surface area contributed by atoms with Crippen molar-refractivity contribution in [2.24, 2.45) is 5.84 Å². The summed E-state index contributed by atoms with van der Waals surface area (Å²) in [5.74, 6) is 5.88. The van der Waals surface area contributed by atoms with Gasteiger partial charge in [0, 0.05) is 10.6 Å². The second-order valence-electron chi connectivity index (χ2n) is 3.08. The van der Waals surface area contributed by atoms with Gasteiger partial charge in [0.2, 0.25) is 0 Å². The number of halogens is 2. The van der Waals surface area contributed by atoms with E-state index in [0.717, 1.165) is 9.60 Å². The Balaban J connectivity index is 2.52. The van der Waals surface area contributed by atoms with Gasteiger partial charge >= 0.3 is 0 Å². The van der Waals surface area contributed by atoms with E-state index in [2.05, 4.69) is 10.4 Å². The average molecular weight is 310 g/mol. The molecule has 92 valence electrons. The predicted molar refractivity (Wildman–Crippen MR) is 75.3 cm³/mol. The van der Waals surface area contributed by atoms with Gasteiger partial charge in [0.25, 0.3) is 0 Å². The molecule has 0 unspecified atom stereocenters. The number of nitrogens with zero attached hydrogens (tertiary/aromatic N) is 1. The summed E-state index contributed by atoms with van der Waals surface area (Å²) < 4.78 is 0.910. The summed E-state index contributed by atoms with van der Waals surface area (Å²) in [4.78, 5) is 5.06. The topological polar surface area (TPSA) is 71.2 Å². The van der Waals surface area contributed by atoms with Gasteiger partial charge in [0.15, 0.2) is 5.13 Å². The number of nitrogen functional groups attached to an aromatic ring is 1. The van der Waals surface area contributed by atoms with E-state index in [-0.39, 0.29) is 6.61 Å². The largest absolute Gasteiger partial charge is 0.396 e. The molecule has 8 heteroatoms. The quantitative estimate of drug-likeness (QED) is 0.460. The van der Waals surface area contributed by atoms with Crippen LogP contribution in [-0.4, -0.2) is 22.5 Å². The SMILES string of the molecule is NNc1nc2c(Cl)c(Cl)c(SCCO)cc2s1. The van der Waals surface area contributed by atoms with Gasteiger partial charge in [0.05, 0.1) is 21.4 Å². The summed E-state index contributed by atoms with van der Waals surface area (Å²) in [5, 5.41) is 10.3. The van der Waals surface area contributed by atoms with Crippen LogP contribution in [0.25, 0.3) is 10.2 Å². The van der Waals surface area contributed by atoms with E-state index >= 15 is 0 Å². The van der Waals surface area contributed by atoms with Gasteiger partial charge in [-0.1, -0.05) is 34.5 Å². The van der Waals surface area contributed by atoms with Crippen molar-refractivity contribution in [3.8, 4) is 0 Å². The normalized spacial score (nSPS) is 11.1. The molecule has 0 aliphatic heterocycles. The summed E-state index contributed by atoms with van der Waals surface area (Å²) in [5.41, 5.74) is 3.13. The Bertz CT molecular complexity index is 547. The van der Waals surface area contributed by atoms with Gasteiger partial charge in [-0.2, -0.15) is 0 Å². The number of benzene rings is 1. The number of anilines is 1. The number of aromatic nitrogens is 1. The third kappa shape index (κ3) is 2.62. The molecule has 17 heavy (non-hydrogen) atoms. The number of hydrogen-bond donors (Lipinski definition) is 3. The molecule has 0 spiro atoms. The van der Waals surface area contributed by atoms with E-state index in [9.17, 15) is 0 Å². The summed E-state index contributed by atoms with van der Waals surface area (Å²) >= 11 is 15.1. The molecule has 0 fully saturated rings. The number of rotatable bonds is 4. The van der Waals surface area contributed by atoms with Crippen molar-refractivity contribution in [1.29, 1.82) is 0 Å². The van der Waals surface area contributed by atoms with Crippen molar-refractivity contribution in [2.75, 3.05) is 17.8 Å². The van der Waals surface area contributed by atoms with Crippen LogP contribution >= 0.6 is 46.3 Å². The van der Waals surface area contributed by atoms with Gasteiger partial charge in [-0.25, -0.2) is 10.8 Å². The molecule has 0 saturated carbocycles. The zero-order valence-electron chi connectivity index (χ0n) is 8.54. The third-order valence-electron chi connectivity index (χ3n) is 2.00. The molecule has 2 rings (SSSR count). The smallest absolute Gasteiger partial charge is 0.198 e. The van der Waals surface area contributed by atoms with Crippen molar-refractivity contribution in [1.82, 2.24) is 4.98 Å². The number of nitrogens with two attached hydrogens (primary N) is 1. The molecule has 0 bridgehead atoms. The number of aliphatic hydroxyl groups excluding tert-OH is 1. The van der Waals surface area contributed by atoms with Crippen molar-refractivity contribution in [3.63, 3.8) is 0 Å². The minimum absolute atomic E-state index is 0.0922. The van der Waals surface area contributed by atoms with Crippen LogP contribution in [0.3, 0.4) is 0 Å². The molecule has 0 radical (unpaired) electrons. The van der Waals surface area contributed by atoms with Gasteiger partial charge < -0.3 is 5.11 Å². The Morgan fingerprint density at radius 3 is 2.88 bits per heavy atom. The zero-order chi connectivity index (χ0) is 12.4. The lowest BCUT2D eigenvalue weighted by Gasteiger charge is -2.04. The molecule has 1 aromatic heterocycles. The van der Waals surface area contributed by atoms with Crippen LogP contribution in [-0.2, 0) is 0 Å². The van der Waals surface area contributed by atoms with Crippen LogP contribution < -0.4 is 11.3 Å². The van der Waals surface area contributed by atoms with E-state index in [1.54, 1.807) is 0 Å². The Kier molecular flexibility index (Phi) is 4.35. The van der Waals surface area contributed by atoms with Crippen LogP contribution in [0, 0.1) is 0 Å². The Morgan fingerprint density at radius 2 is 2.24 bits per heavy atom. The third-order valence-corrected chi connectivity index (χ3v) is 4.93. The molecule has 4 nitrogen and oxygen atoms in total. The molecular formula is C9H9Cl2N3OS2. The molecule has 0 atom stereocenters. The van der Waals surface area contributed by atoms with Crippen molar-refractivity contribution in [3.05, 3.63) is 16.1 Å². The predicted octanol–water partition coefficient (Wildman–Crippen LogP) is 2.97. The number of hydrogen-bond acceptors (Lipinski definition) is 6. The van der Waals surface area contributed by atoms with Crippen LogP contribution in [0.15, 0.2) is 11.0 Å². The Labute approximate surface area is 116 Å². The van der Waals surface area contributed by atoms with E-state index < -0.39 is 0 Å². The molecule has 1 heterocycles. The van der Waals surface area contributed by atoms with E-state index in [1.807, 2.05) is 6.07 Å².